The quantitative estimate of drug-likeness (QED) is 0.565. The van der Waals surface area contributed by atoms with E-state index in [-0.39, 0.29) is 0 Å². The first-order valence-corrected chi connectivity index (χ1v) is 7.52. The standard InChI is InChI=1S/C18H14N6/c1-2-6-13(7-3-1)10-11-14-8-4-5-9-15(14)17-18(22-24-21-17)16-12-19-23-20-16/h1-12H,(H,19,20,23)(H,21,22,24). The molecule has 24 heavy (non-hydrogen) atoms. The lowest BCUT2D eigenvalue weighted by molar-refractivity contribution is 0.930. The minimum atomic E-state index is 0.678. The highest BCUT2D eigenvalue weighted by atomic mass is 15.4. The molecule has 116 valence electrons. The Bertz CT molecular complexity index is 954. The van der Waals surface area contributed by atoms with Crippen molar-refractivity contribution in [2.24, 2.45) is 0 Å². The monoisotopic (exact) mass is 314 g/mol. The van der Waals surface area contributed by atoms with E-state index in [4.69, 9.17) is 0 Å². The number of aromatic nitrogens is 6. The van der Waals surface area contributed by atoms with Gasteiger partial charge in [-0.2, -0.15) is 0 Å². The van der Waals surface area contributed by atoms with Crippen molar-refractivity contribution in [3.05, 3.63) is 71.9 Å². The summed E-state index contributed by atoms with van der Waals surface area (Å²) in [4.78, 5) is 0. The van der Waals surface area contributed by atoms with Crippen LogP contribution >= 0.6 is 0 Å². The third-order valence-electron chi connectivity index (χ3n) is 3.69. The molecule has 2 aromatic heterocycles. The highest BCUT2D eigenvalue weighted by molar-refractivity contribution is 5.84. The summed E-state index contributed by atoms with van der Waals surface area (Å²) >= 11 is 0. The minimum Gasteiger partial charge on any atom is -0.265 e. The van der Waals surface area contributed by atoms with E-state index in [1.807, 2.05) is 36.4 Å². The van der Waals surface area contributed by atoms with Crippen molar-refractivity contribution in [3.63, 3.8) is 0 Å². The van der Waals surface area contributed by atoms with Crippen molar-refractivity contribution in [1.82, 2.24) is 30.8 Å². The summed E-state index contributed by atoms with van der Waals surface area (Å²) in [6.45, 7) is 0. The van der Waals surface area contributed by atoms with Gasteiger partial charge in [-0.15, -0.1) is 10.2 Å². The molecule has 4 rings (SSSR count). The van der Waals surface area contributed by atoms with Gasteiger partial charge in [0.2, 0.25) is 0 Å². The molecule has 0 unspecified atom stereocenters. The maximum absolute atomic E-state index is 4.24. The van der Waals surface area contributed by atoms with Gasteiger partial charge in [-0.05, 0) is 11.1 Å². The molecule has 0 atom stereocenters. The first-order valence-electron chi connectivity index (χ1n) is 7.52. The zero-order valence-corrected chi connectivity index (χ0v) is 12.7. The van der Waals surface area contributed by atoms with Gasteiger partial charge in [0.15, 0.2) is 0 Å². The third-order valence-corrected chi connectivity index (χ3v) is 3.69. The summed E-state index contributed by atoms with van der Waals surface area (Å²) in [5.74, 6) is 0. The van der Waals surface area contributed by atoms with E-state index in [0.717, 1.165) is 28.1 Å². The van der Waals surface area contributed by atoms with E-state index in [2.05, 4.69) is 61.2 Å². The average Bonchev–Trinajstić information content (AvgIpc) is 3.32. The van der Waals surface area contributed by atoms with Gasteiger partial charge < -0.3 is 0 Å². The molecule has 2 heterocycles. The molecular weight excluding hydrogens is 300 g/mol. The van der Waals surface area contributed by atoms with Crippen LogP contribution in [-0.4, -0.2) is 30.8 Å². The van der Waals surface area contributed by atoms with E-state index in [1.165, 1.54) is 0 Å². The fraction of sp³-hybridized carbons (Fsp3) is 0. The normalized spacial score (nSPS) is 11.2. The largest absolute Gasteiger partial charge is 0.265 e. The fourth-order valence-electron chi connectivity index (χ4n) is 2.53. The Balaban J connectivity index is 1.76. The Morgan fingerprint density at radius 1 is 0.792 bits per heavy atom. The number of rotatable bonds is 4. The second-order valence-corrected chi connectivity index (χ2v) is 5.23. The first kappa shape index (κ1) is 14.1. The van der Waals surface area contributed by atoms with Crippen LogP contribution in [0.3, 0.4) is 0 Å². The van der Waals surface area contributed by atoms with Crippen LogP contribution in [0.1, 0.15) is 11.1 Å². The molecule has 2 aromatic carbocycles. The average molecular weight is 314 g/mol. The molecule has 0 amide bonds. The van der Waals surface area contributed by atoms with Crippen molar-refractivity contribution < 1.29 is 0 Å². The van der Waals surface area contributed by atoms with E-state index in [9.17, 15) is 0 Å². The Labute approximate surface area is 138 Å². The van der Waals surface area contributed by atoms with Gasteiger partial charge in [0.1, 0.15) is 17.1 Å². The predicted molar refractivity (Wildman–Crippen MR) is 92.6 cm³/mol. The zero-order chi connectivity index (χ0) is 16.2. The Morgan fingerprint density at radius 3 is 2.46 bits per heavy atom. The van der Waals surface area contributed by atoms with Gasteiger partial charge in [-0.1, -0.05) is 77.2 Å². The fourth-order valence-corrected chi connectivity index (χ4v) is 2.53. The molecule has 0 radical (unpaired) electrons. The lowest BCUT2D eigenvalue weighted by Gasteiger charge is -2.04. The molecule has 0 spiro atoms. The molecule has 0 aliphatic heterocycles. The van der Waals surface area contributed by atoms with Crippen LogP contribution in [0.2, 0.25) is 0 Å². The third kappa shape index (κ3) is 2.72. The van der Waals surface area contributed by atoms with E-state index in [1.54, 1.807) is 6.20 Å². The second-order valence-electron chi connectivity index (χ2n) is 5.23. The van der Waals surface area contributed by atoms with E-state index in [0.29, 0.717) is 5.69 Å². The number of aromatic amines is 2. The van der Waals surface area contributed by atoms with Gasteiger partial charge in [0.05, 0.1) is 6.20 Å². The van der Waals surface area contributed by atoms with Crippen LogP contribution in [0.5, 0.6) is 0 Å². The summed E-state index contributed by atoms with van der Waals surface area (Å²) in [5.41, 5.74) is 5.35. The molecule has 4 aromatic rings. The summed E-state index contributed by atoms with van der Waals surface area (Å²) in [6, 6.07) is 18.2. The Kier molecular flexibility index (Phi) is 3.69. The molecule has 0 aliphatic carbocycles. The first-order chi connectivity index (χ1) is 11.9. The molecule has 6 heteroatoms. The molecule has 0 bridgehead atoms. The second kappa shape index (κ2) is 6.29. The van der Waals surface area contributed by atoms with Crippen molar-refractivity contribution >= 4 is 12.2 Å². The highest BCUT2D eigenvalue weighted by Crippen LogP contribution is 2.30. The van der Waals surface area contributed by atoms with Crippen molar-refractivity contribution in [2.75, 3.05) is 0 Å². The summed E-state index contributed by atoms with van der Waals surface area (Å²) in [5, 5.41) is 21.6. The molecule has 0 fully saturated rings. The van der Waals surface area contributed by atoms with Crippen LogP contribution in [-0.2, 0) is 0 Å². The number of hydrogen-bond donors (Lipinski definition) is 2. The van der Waals surface area contributed by atoms with Crippen LogP contribution in [0.25, 0.3) is 34.8 Å². The maximum atomic E-state index is 4.24. The smallest absolute Gasteiger partial charge is 0.132 e. The van der Waals surface area contributed by atoms with Gasteiger partial charge >= 0.3 is 0 Å². The Morgan fingerprint density at radius 2 is 1.62 bits per heavy atom. The van der Waals surface area contributed by atoms with E-state index < -0.39 is 0 Å². The van der Waals surface area contributed by atoms with Crippen molar-refractivity contribution in [1.29, 1.82) is 0 Å². The molecule has 0 aliphatic rings. The minimum absolute atomic E-state index is 0.678. The SMILES string of the molecule is C(=Cc1ccccc1-c1nn[nH]c1-c1c[nH]nn1)c1ccccc1. The van der Waals surface area contributed by atoms with Crippen LogP contribution in [0, 0.1) is 0 Å². The lowest BCUT2D eigenvalue weighted by atomic mass is 10.0. The number of hydrogen-bond acceptors (Lipinski definition) is 4. The number of nitrogens with one attached hydrogen (secondary N) is 2. The van der Waals surface area contributed by atoms with Gasteiger partial charge in [0.25, 0.3) is 0 Å². The zero-order valence-electron chi connectivity index (χ0n) is 12.7. The molecule has 2 N–H and O–H groups in total. The topological polar surface area (TPSA) is 83.1 Å². The number of benzene rings is 2. The van der Waals surface area contributed by atoms with Crippen LogP contribution < -0.4 is 0 Å². The Hall–Kier alpha value is -3.54. The van der Waals surface area contributed by atoms with Crippen LogP contribution in [0.15, 0.2) is 60.8 Å². The summed E-state index contributed by atoms with van der Waals surface area (Å²) in [6.07, 6.45) is 5.86. The molecule has 0 saturated heterocycles. The highest BCUT2D eigenvalue weighted by Gasteiger charge is 2.15. The number of nitrogens with zero attached hydrogens (tertiary/aromatic N) is 4. The molecule has 6 nitrogen and oxygen atoms in total. The van der Waals surface area contributed by atoms with Crippen LogP contribution in [0.4, 0.5) is 0 Å². The summed E-state index contributed by atoms with van der Waals surface area (Å²) in [7, 11) is 0. The van der Waals surface area contributed by atoms with E-state index >= 15 is 0 Å². The van der Waals surface area contributed by atoms with Crippen molar-refractivity contribution in [3.8, 4) is 22.6 Å². The predicted octanol–water partition coefficient (Wildman–Crippen LogP) is 3.43. The number of H-pyrrole nitrogens is 2. The van der Waals surface area contributed by atoms with Gasteiger partial charge in [0, 0.05) is 5.56 Å². The maximum Gasteiger partial charge on any atom is 0.132 e. The molecular formula is C18H14N6. The molecule has 0 saturated carbocycles. The van der Waals surface area contributed by atoms with Crippen molar-refractivity contribution in [2.45, 2.75) is 0 Å². The van der Waals surface area contributed by atoms with Gasteiger partial charge in [-0.3, -0.25) is 10.2 Å². The summed E-state index contributed by atoms with van der Waals surface area (Å²) < 4.78 is 0. The lowest BCUT2D eigenvalue weighted by Crippen LogP contribution is -1.87. The van der Waals surface area contributed by atoms with Gasteiger partial charge in [-0.25, -0.2) is 0 Å².